The number of hydrogen-bond donors (Lipinski definition) is 2. The number of rotatable bonds is 3. The van der Waals surface area contributed by atoms with Gasteiger partial charge in [0.15, 0.2) is 5.16 Å². The fourth-order valence-electron chi connectivity index (χ4n) is 1.48. The third-order valence-corrected chi connectivity index (χ3v) is 3.31. The van der Waals surface area contributed by atoms with E-state index in [-0.39, 0.29) is 5.56 Å². The maximum absolute atomic E-state index is 11.2. The van der Waals surface area contributed by atoms with Crippen molar-refractivity contribution in [3.8, 4) is 0 Å². The van der Waals surface area contributed by atoms with Crippen molar-refractivity contribution in [1.82, 2.24) is 9.97 Å². The molecular weight excluding hydrogens is 234 g/mol. The van der Waals surface area contributed by atoms with Crippen LogP contribution in [0.5, 0.6) is 0 Å². The van der Waals surface area contributed by atoms with Crippen LogP contribution in [0, 0.1) is 6.92 Å². The minimum atomic E-state index is -0.149. The number of benzene rings is 1. The molecule has 2 aromatic rings. The van der Waals surface area contributed by atoms with Crippen LogP contribution in [0.15, 0.2) is 45.3 Å². The second-order valence-electron chi connectivity index (χ2n) is 3.66. The van der Waals surface area contributed by atoms with Gasteiger partial charge in [-0.15, -0.1) is 0 Å². The molecular formula is C12H13N3OS. The van der Waals surface area contributed by atoms with E-state index in [0.717, 1.165) is 10.5 Å². The second-order valence-corrected chi connectivity index (χ2v) is 4.69. The molecule has 5 heteroatoms. The first-order valence-electron chi connectivity index (χ1n) is 5.22. The van der Waals surface area contributed by atoms with Crippen LogP contribution in [0.2, 0.25) is 0 Å². The van der Waals surface area contributed by atoms with E-state index in [2.05, 4.69) is 9.97 Å². The Morgan fingerprint density at radius 2 is 2.24 bits per heavy atom. The van der Waals surface area contributed by atoms with Crippen molar-refractivity contribution in [1.29, 1.82) is 0 Å². The lowest BCUT2D eigenvalue weighted by atomic mass is 10.1. The highest BCUT2D eigenvalue weighted by Crippen LogP contribution is 2.27. The number of H-pyrrole nitrogens is 1. The average molecular weight is 247 g/mol. The van der Waals surface area contributed by atoms with Crippen LogP contribution in [-0.4, -0.2) is 9.97 Å². The summed E-state index contributed by atoms with van der Waals surface area (Å²) in [6.07, 6.45) is 1.50. The number of nitrogens with one attached hydrogen (secondary N) is 1. The van der Waals surface area contributed by atoms with E-state index in [4.69, 9.17) is 5.73 Å². The Morgan fingerprint density at radius 1 is 1.41 bits per heavy atom. The number of hydrogen-bond acceptors (Lipinski definition) is 4. The molecule has 0 amide bonds. The van der Waals surface area contributed by atoms with Crippen LogP contribution in [0.4, 0.5) is 0 Å². The lowest BCUT2D eigenvalue weighted by molar-refractivity contribution is 0.932. The SMILES string of the molecule is Cc1ccc(Sc2nccc(=O)[nH]2)c(CN)c1. The average Bonchev–Trinajstić information content (AvgIpc) is 2.31. The maximum Gasteiger partial charge on any atom is 0.251 e. The van der Waals surface area contributed by atoms with E-state index >= 15 is 0 Å². The summed E-state index contributed by atoms with van der Waals surface area (Å²) in [7, 11) is 0. The summed E-state index contributed by atoms with van der Waals surface area (Å²) in [5.41, 5.74) is 7.78. The molecule has 4 nitrogen and oxygen atoms in total. The fourth-order valence-corrected chi connectivity index (χ4v) is 2.36. The fraction of sp³-hybridized carbons (Fsp3) is 0.167. The van der Waals surface area contributed by atoms with Gasteiger partial charge < -0.3 is 10.7 Å². The van der Waals surface area contributed by atoms with E-state index in [0.29, 0.717) is 11.7 Å². The van der Waals surface area contributed by atoms with Gasteiger partial charge in [-0.1, -0.05) is 29.5 Å². The molecule has 88 valence electrons. The highest BCUT2D eigenvalue weighted by atomic mass is 32.2. The summed E-state index contributed by atoms with van der Waals surface area (Å²) in [5.74, 6) is 0. The standard InChI is InChI=1S/C12H13N3OS/c1-8-2-3-10(9(6-8)7-13)17-12-14-5-4-11(16)15-12/h2-6H,7,13H2,1H3,(H,14,15,16). The van der Waals surface area contributed by atoms with Crippen molar-refractivity contribution in [3.05, 3.63) is 51.9 Å². The Balaban J connectivity index is 2.33. The molecule has 3 N–H and O–H groups in total. The summed E-state index contributed by atoms with van der Waals surface area (Å²) < 4.78 is 0. The van der Waals surface area contributed by atoms with Gasteiger partial charge in [-0.3, -0.25) is 4.79 Å². The topological polar surface area (TPSA) is 71.8 Å². The molecule has 0 fully saturated rings. The molecule has 0 radical (unpaired) electrons. The lowest BCUT2D eigenvalue weighted by Gasteiger charge is -2.07. The summed E-state index contributed by atoms with van der Waals surface area (Å²) in [6, 6.07) is 7.45. The van der Waals surface area contributed by atoms with E-state index in [9.17, 15) is 4.79 Å². The predicted molar refractivity (Wildman–Crippen MR) is 68.1 cm³/mol. The smallest absolute Gasteiger partial charge is 0.251 e. The Morgan fingerprint density at radius 3 is 2.94 bits per heavy atom. The van der Waals surface area contributed by atoms with Crippen molar-refractivity contribution in [2.75, 3.05) is 0 Å². The zero-order valence-electron chi connectivity index (χ0n) is 9.43. The van der Waals surface area contributed by atoms with Gasteiger partial charge in [-0.25, -0.2) is 4.98 Å². The normalized spacial score (nSPS) is 10.5. The molecule has 0 aliphatic rings. The minimum Gasteiger partial charge on any atom is -0.326 e. The highest BCUT2D eigenvalue weighted by Gasteiger charge is 2.05. The number of nitrogens with zero attached hydrogens (tertiary/aromatic N) is 1. The van der Waals surface area contributed by atoms with E-state index < -0.39 is 0 Å². The van der Waals surface area contributed by atoms with Gasteiger partial charge >= 0.3 is 0 Å². The molecule has 0 bridgehead atoms. The molecule has 0 spiro atoms. The van der Waals surface area contributed by atoms with E-state index in [1.165, 1.54) is 29.6 Å². The third kappa shape index (κ3) is 2.95. The number of aromatic amines is 1. The molecule has 0 unspecified atom stereocenters. The lowest BCUT2D eigenvalue weighted by Crippen LogP contribution is -2.05. The second kappa shape index (κ2) is 5.16. The molecule has 0 saturated carbocycles. The summed E-state index contributed by atoms with van der Waals surface area (Å²) in [6.45, 7) is 2.50. The quantitative estimate of drug-likeness (QED) is 0.810. The Hall–Kier alpha value is -1.59. The predicted octanol–water partition coefficient (Wildman–Crippen LogP) is 1.69. The summed E-state index contributed by atoms with van der Waals surface area (Å²) in [4.78, 5) is 19.0. The zero-order chi connectivity index (χ0) is 12.3. The van der Waals surface area contributed by atoms with Crippen LogP contribution in [0.1, 0.15) is 11.1 Å². The Labute approximate surface area is 103 Å². The molecule has 0 saturated heterocycles. The summed E-state index contributed by atoms with van der Waals surface area (Å²) in [5, 5.41) is 0.580. The highest BCUT2D eigenvalue weighted by molar-refractivity contribution is 7.99. The van der Waals surface area contributed by atoms with Crippen LogP contribution >= 0.6 is 11.8 Å². The van der Waals surface area contributed by atoms with Crippen LogP contribution < -0.4 is 11.3 Å². The van der Waals surface area contributed by atoms with Gasteiger partial charge in [-0.2, -0.15) is 0 Å². The number of aryl methyl sites for hydroxylation is 1. The van der Waals surface area contributed by atoms with Gasteiger partial charge in [0.2, 0.25) is 0 Å². The minimum absolute atomic E-state index is 0.149. The Kier molecular flexibility index (Phi) is 3.61. The third-order valence-electron chi connectivity index (χ3n) is 2.29. The van der Waals surface area contributed by atoms with Gasteiger partial charge in [0.25, 0.3) is 5.56 Å². The molecule has 0 aliphatic carbocycles. The number of nitrogens with two attached hydrogens (primary N) is 1. The molecule has 1 aromatic carbocycles. The summed E-state index contributed by atoms with van der Waals surface area (Å²) >= 11 is 1.41. The van der Waals surface area contributed by atoms with Gasteiger partial charge in [0.05, 0.1) is 0 Å². The first kappa shape index (κ1) is 11.9. The maximum atomic E-state index is 11.2. The van der Waals surface area contributed by atoms with E-state index in [1.54, 1.807) is 0 Å². The van der Waals surface area contributed by atoms with Crippen molar-refractivity contribution >= 4 is 11.8 Å². The molecule has 1 heterocycles. The monoisotopic (exact) mass is 247 g/mol. The van der Waals surface area contributed by atoms with Crippen molar-refractivity contribution in [2.24, 2.45) is 5.73 Å². The largest absolute Gasteiger partial charge is 0.326 e. The molecule has 2 rings (SSSR count). The molecule has 1 aromatic heterocycles. The van der Waals surface area contributed by atoms with Crippen LogP contribution in [-0.2, 0) is 6.54 Å². The van der Waals surface area contributed by atoms with Gasteiger partial charge in [0.1, 0.15) is 0 Å². The zero-order valence-corrected chi connectivity index (χ0v) is 10.3. The number of aromatic nitrogens is 2. The molecule has 17 heavy (non-hydrogen) atoms. The molecule has 0 atom stereocenters. The van der Waals surface area contributed by atoms with E-state index in [1.807, 2.05) is 25.1 Å². The molecule has 0 aliphatic heterocycles. The van der Waals surface area contributed by atoms with Gasteiger partial charge in [-0.05, 0) is 18.6 Å². The Bertz CT molecular complexity index is 580. The van der Waals surface area contributed by atoms with Gasteiger partial charge in [0, 0.05) is 23.7 Å². The van der Waals surface area contributed by atoms with Crippen molar-refractivity contribution in [3.63, 3.8) is 0 Å². The first-order chi connectivity index (χ1) is 8.19. The first-order valence-corrected chi connectivity index (χ1v) is 6.03. The van der Waals surface area contributed by atoms with Crippen molar-refractivity contribution < 1.29 is 0 Å². The van der Waals surface area contributed by atoms with Crippen LogP contribution in [0.25, 0.3) is 0 Å². The van der Waals surface area contributed by atoms with Crippen LogP contribution in [0.3, 0.4) is 0 Å². The van der Waals surface area contributed by atoms with Crippen molar-refractivity contribution in [2.45, 2.75) is 23.5 Å².